The number of carbonyl (C=O) groups is 3. The van der Waals surface area contributed by atoms with E-state index in [1.165, 1.54) is 0 Å². The molecule has 20 heavy (non-hydrogen) atoms. The Morgan fingerprint density at radius 3 is 2.25 bits per heavy atom. The molecule has 3 atom stereocenters. The molecule has 1 aliphatic carbocycles. The fraction of sp³-hybridized carbons (Fsp3) is 0.643. The smallest absolute Gasteiger partial charge is 0.333 e. The summed E-state index contributed by atoms with van der Waals surface area (Å²) in [6, 6.07) is 0. The van der Waals surface area contributed by atoms with Crippen molar-refractivity contribution in [2.45, 2.75) is 32.6 Å². The first-order valence-corrected chi connectivity index (χ1v) is 6.61. The van der Waals surface area contributed by atoms with Crippen molar-refractivity contribution >= 4 is 17.9 Å². The number of hydrogen-bond donors (Lipinski definition) is 2. The van der Waals surface area contributed by atoms with E-state index in [0.717, 1.165) is 0 Å². The van der Waals surface area contributed by atoms with Gasteiger partial charge in [-0.25, -0.2) is 4.79 Å². The number of hydrogen-bond acceptors (Lipinski definition) is 4. The highest BCUT2D eigenvalue weighted by molar-refractivity contribution is 5.86. The van der Waals surface area contributed by atoms with Crippen molar-refractivity contribution in [3.05, 3.63) is 12.2 Å². The van der Waals surface area contributed by atoms with Crippen LogP contribution in [0.25, 0.3) is 0 Å². The van der Waals surface area contributed by atoms with Crippen LogP contribution in [-0.2, 0) is 19.1 Å². The van der Waals surface area contributed by atoms with Gasteiger partial charge in [-0.3, -0.25) is 9.59 Å². The van der Waals surface area contributed by atoms with Crippen molar-refractivity contribution in [3.63, 3.8) is 0 Å². The summed E-state index contributed by atoms with van der Waals surface area (Å²) in [5.41, 5.74) is 0.322. The molecule has 2 N–H and O–H groups in total. The van der Waals surface area contributed by atoms with Crippen LogP contribution in [0, 0.1) is 17.8 Å². The van der Waals surface area contributed by atoms with E-state index in [2.05, 4.69) is 6.58 Å². The largest absolute Gasteiger partial charge is 0.481 e. The molecular formula is C14H20O6. The zero-order valence-electron chi connectivity index (χ0n) is 11.5. The maximum Gasteiger partial charge on any atom is 0.333 e. The third-order valence-corrected chi connectivity index (χ3v) is 3.70. The predicted molar refractivity (Wildman–Crippen MR) is 70.0 cm³/mol. The van der Waals surface area contributed by atoms with Gasteiger partial charge in [-0.15, -0.1) is 0 Å². The standard InChI is InChI=1S/C14H20O6/c1-8(2)14(19)20-6-5-9-3-4-10(12(15)16)11(7-9)13(17)18/h9-11H,1,3-7H2,2H3,(H,15,16)(H,17,18). The minimum atomic E-state index is -1.07. The van der Waals surface area contributed by atoms with Crippen LogP contribution < -0.4 is 0 Å². The second kappa shape index (κ2) is 7.07. The zero-order valence-corrected chi connectivity index (χ0v) is 11.5. The Bertz CT molecular complexity index is 414. The van der Waals surface area contributed by atoms with Gasteiger partial charge in [-0.05, 0) is 38.5 Å². The Labute approximate surface area is 117 Å². The van der Waals surface area contributed by atoms with Crippen LogP contribution in [0.1, 0.15) is 32.6 Å². The van der Waals surface area contributed by atoms with Crippen LogP contribution in [0.5, 0.6) is 0 Å². The summed E-state index contributed by atoms with van der Waals surface area (Å²) in [7, 11) is 0. The first kappa shape index (κ1) is 16.2. The van der Waals surface area contributed by atoms with Crippen LogP contribution in [0.15, 0.2) is 12.2 Å². The molecule has 0 saturated heterocycles. The molecule has 0 aromatic heterocycles. The summed E-state index contributed by atoms with van der Waals surface area (Å²) < 4.78 is 4.97. The van der Waals surface area contributed by atoms with Crippen LogP contribution in [-0.4, -0.2) is 34.7 Å². The summed E-state index contributed by atoms with van der Waals surface area (Å²) in [6.45, 7) is 5.23. The van der Waals surface area contributed by atoms with Gasteiger partial charge in [0.1, 0.15) is 0 Å². The van der Waals surface area contributed by atoms with E-state index in [4.69, 9.17) is 14.9 Å². The number of carbonyl (C=O) groups excluding carboxylic acids is 1. The normalized spacial score (nSPS) is 25.8. The minimum absolute atomic E-state index is 0.0737. The molecule has 112 valence electrons. The molecule has 0 radical (unpaired) electrons. The lowest BCUT2D eigenvalue weighted by Crippen LogP contribution is -2.35. The van der Waals surface area contributed by atoms with Crippen LogP contribution in [0.3, 0.4) is 0 Å². The van der Waals surface area contributed by atoms with Crippen molar-refractivity contribution in [2.24, 2.45) is 17.8 Å². The van der Waals surface area contributed by atoms with Gasteiger partial charge in [0.2, 0.25) is 0 Å². The SMILES string of the molecule is C=C(C)C(=O)OCCC1CCC(C(=O)O)C(C(=O)O)C1. The lowest BCUT2D eigenvalue weighted by atomic mass is 9.73. The van der Waals surface area contributed by atoms with Crippen molar-refractivity contribution in [3.8, 4) is 0 Å². The maximum absolute atomic E-state index is 11.2. The second-order valence-corrected chi connectivity index (χ2v) is 5.27. The highest BCUT2D eigenvalue weighted by Crippen LogP contribution is 2.36. The van der Waals surface area contributed by atoms with Gasteiger partial charge in [0.05, 0.1) is 18.4 Å². The van der Waals surface area contributed by atoms with Crippen molar-refractivity contribution in [2.75, 3.05) is 6.61 Å². The van der Waals surface area contributed by atoms with E-state index in [1.54, 1.807) is 6.92 Å². The highest BCUT2D eigenvalue weighted by Gasteiger charge is 2.39. The molecule has 0 bridgehead atoms. The molecule has 0 aliphatic heterocycles. The fourth-order valence-corrected chi connectivity index (χ4v) is 2.53. The third-order valence-electron chi connectivity index (χ3n) is 3.70. The first-order valence-electron chi connectivity index (χ1n) is 6.61. The van der Waals surface area contributed by atoms with Crippen molar-refractivity contribution < 1.29 is 29.3 Å². The van der Waals surface area contributed by atoms with Gasteiger partial charge in [0, 0.05) is 5.57 Å². The van der Waals surface area contributed by atoms with E-state index in [9.17, 15) is 14.4 Å². The number of carboxylic acids is 2. The van der Waals surface area contributed by atoms with Crippen LogP contribution in [0.4, 0.5) is 0 Å². The van der Waals surface area contributed by atoms with E-state index >= 15 is 0 Å². The third kappa shape index (κ3) is 4.36. The van der Waals surface area contributed by atoms with Crippen LogP contribution in [0.2, 0.25) is 0 Å². The lowest BCUT2D eigenvalue weighted by molar-refractivity contribution is -0.156. The first-order chi connectivity index (χ1) is 9.32. The van der Waals surface area contributed by atoms with E-state index in [-0.39, 0.29) is 12.5 Å². The van der Waals surface area contributed by atoms with Gasteiger partial charge >= 0.3 is 17.9 Å². The molecule has 6 nitrogen and oxygen atoms in total. The van der Waals surface area contributed by atoms with Gasteiger partial charge in [0.25, 0.3) is 0 Å². The molecule has 0 amide bonds. The minimum Gasteiger partial charge on any atom is -0.481 e. The van der Waals surface area contributed by atoms with Gasteiger partial charge in [-0.2, -0.15) is 0 Å². The molecule has 0 spiro atoms. The molecule has 3 unspecified atom stereocenters. The topological polar surface area (TPSA) is 101 Å². The second-order valence-electron chi connectivity index (χ2n) is 5.27. The zero-order chi connectivity index (χ0) is 15.3. The number of carboxylic acid groups (broad SMARTS) is 2. The number of rotatable bonds is 6. The van der Waals surface area contributed by atoms with Crippen molar-refractivity contribution in [1.82, 2.24) is 0 Å². The summed E-state index contributed by atoms with van der Waals surface area (Å²) in [5.74, 6) is -4.18. The maximum atomic E-state index is 11.2. The molecule has 1 rings (SSSR count). The van der Waals surface area contributed by atoms with Gasteiger partial charge in [-0.1, -0.05) is 6.58 Å². The fourth-order valence-electron chi connectivity index (χ4n) is 2.53. The average Bonchev–Trinajstić information content (AvgIpc) is 2.37. The summed E-state index contributed by atoms with van der Waals surface area (Å²) >= 11 is 0. The quantitative estimate of drug-likeness (QED) is 0.568. The molecular weight excluding hydrogens is 264 g/mol. The molecule has 1 saturated carbocycles. The van der Waals surface area contributed by atoms with Crippen LogP contribution >= 0.6 is 0 Å². The Kier molecular flexibility index (Phi) is 5.73. The van der Waals surface area contributed by atoms with E-state index in [1.807, 2.05) is 0 Å². The summed E-state index contributed by atoms with van der Waals surface area (Å²) in [4.78, 5) is 33.3. The van der Waals surface area contributed by atoms with E-state index < -0.39 is 29.7 Å². The Morgan fingerprint density at radius 1 is 1.15 bits per heavy atom. The molecule has 0 aromatic carbocycles. The van der Waals surface area contributed by atoms with E-state index in [0.29, 0.717) is 31.3 Å². The highest BCUT2D eigenvalue weighted by atomic mass is 16.5. The van der Waals surface area contributed by atoms with Gasteiger partial charge < -0.3 is 14.9 Å². The Hall–Kier alpha value is -1.85. The summed E-state index contributed by atoms with van der Waals surface area (Å²) in [5, 5.41) is 18.1. The average molecular weight is 284 g/mol. The number of ether oxygens (including phenoxy) is 1. The monoisotopic (exact) mass is 284 g/mol. The molecule has 1 aliphatic rings. The lowest BCUT2D eigenvalue weighted by Gasteiger charge is -2.31. The molecule has 1 fully saturated rings. The molecule has 0 aromatic rings. The number of aliphatic carboxylic acids is 2. The number of esters is 1. The van der Waals surface area contributed by atoms with Gasteiger partial charge in [0.15, 0.2) is 0 Å². The predicted octanol–water partition coefficient (Wildman–Crippen LogP) is 1.70. The summed E-state index contributed by atoms with van der Waals surface area (Å²) in [6.07, 6.45) is 1.86. The Balaban J connectivity index is 2.47. The Morgan fingerprint density at radius 2 is 1.75 bits per heavy atom. The molecule has 6 heteroatoms. The molecule has 0 heterocycles. The van der Waals surface area contributed by atoms with Crippen molar-refractivity contribution in [1.29, 1.82) is 0 Å².